The predicted octanol–water partition coefficient (Wildman–Crippen LogP) is 5.53. The number of nitrogens with zero attached hydrogens (tertiary/aromatic N) is 3. The van der Waals surface area contributed by atoms with Gasteiger partial charge in [0.25, 0.3) is 15.9 Å². The maximum Gasteiger partial charge on any atom is 0.339 e. The summed E-state index contributed by atoms with van der Waals surface area (Å²) in [5, 5.41) is 2.66. The quantitative estimate of drug-likeness (QED) is 0.0566. The third kappa shape index (κ3) is 19.8. The van der Waals surface area contributed by atoms with E-state index in [9.17, 15) is 18.0 Å². The Bertz CT molecular complexity index is 1860. The number of rotatable bonds is 36. The van der Waals surface area contributed by atoms with E-state index >= 15 is 0 Å². The second-order valence-corrected chi connectivity index (χ2v) is 16.1. The lowest BCUT2D eigenvalue weighted by molar-refractivity contribution is -0.113. The van der Waals surface area contributed by atoms with Gasteiger partial charge >= 0.3 is 5.97 Å². The van der Waals surface area contributed by atoms with Gasteiger partial charge in [-0.05, 0) is 74.9 Å². The van der Waals surface area contributed by atoms with Gasteiger partial charge < -0.3 is 47.9 Å². The zero-order valence-electron chi connectivity index (χ0n) is 36.5. The van der Waals surface area contributed by atoms with Crippen molar-refractivity contribution in [2.75, 3.05) is 118 Å². The molecule has 3 aromatic rings. The number of pyridine rings is 2. The van der Waals surface area contributed by atoms with Crippen LogP contribution in [-0.2, 0) is 57.4 Å². The second kappa shape index (κ2) is 31.3. The lowest BCUT2D eigenvalue weighted by atomic mass is 10.1. The maximum absolute atomic E-state index is 13.3. The van der Waals surface area contributed by atoms with Crippen molar-refractivity contribution in [3.63, 3.8) is 0 Å². The number of fused-ring (bicyclic) bond motifs is 1. The van der Waals surface area contributed by atoms with Crippen LogP contribution in [0.3, 0.4) is 0 Å². The minimum absolute atomic E-state index is 0.0689. The first-order valence-electron chi connectivity index (χ1n) is 21.7. The van der Waals surface area contributed by atoms with Crippen LogP contribution in [0.2, 0.25) is 0 Å². The van der Waals surface area contributed by atoms with Crippen molar-refractivity contribution in [2.45, 2.75) is 56.3 Å². The van der Waals surface area contributed by atoms with E-state index in [4.69, 9.17) is 42.6 Å². The number of esters is 1. The minimum atomic E-state index is -3.96. The van der Waals surface area contributed by atoms with Crippen molar-refractivity contribution in [1.29, 1.82) is 0 Å². The Morgan fingerprint density at radius 3 is 1.52 bits per heavy atom. The molecule has 1 aromatic carbocycles. The van der Waals surface area contributed by atoms with Crippen molar-refractivity contribution >= 4 is 33.5 Å². The molecule has 17 nitrogen and oxygen atoms in total. The maximum atomic E-state index is 13.3. The molecule has 63 heavy (non-hydrogen) atoms. The summed E-state index contributed by atoms with van der Waals surface area (Å²) in [7, 11) is -2.63. The van der Waals surface area contributed by atoms with Crippen molar-refractivity contribution in [3.05, 3.63) is 90.0 Å². The number of likely N-dealkylation sites (N-methyl/N-ethyl adjacent to an activating group) is 1. The molecule has 0 radical (unpaired) electrons. The Hall–Kier alpha value is -4.53. The van der Waals surface area contributed by atoms with Crippen LogP contribution in [0, 0.1) is 0 Å². The van der Waals surface area contributed by atoms with Crippen molar-refractivity contribution in [3.8, 4) is 0 Å². The molecule has 0 atom stereocenters. The van der Waals surface area contributed by atoms with E-state index in [1.807, 2.05) is 0 Å². The zero-order chi connectivity index (χ0) is 44.6. The summed E-state index contributed by atoms with van der Waals surface area (Å²) in [6, 6.07) is 14.9. The Labute approximate surface area is 371 Å². The molecule has 2 aromatic heterocycles. The molecule has 1 aliphatic heterocycles. The number of amides is 1. The fourth-order valence-corrected chi connectivity index (χ4v) is 7.33. The summed E-state index contributed by atoms with van der Waals surface area (Å²) in [6.45, 7) is 8.99. The number of sulfonamides is 1. The molecule has 0 saturated heterocycles. The number of ether oxygens (including phenoxy) is 9. The average Bonchev–Trinajstić information content (AvgIpc) is 3.30. The van der Waals surface area contributed by atoms with Gasteiger partial charge in [-0.25, -0.2) is 18.2 Å². The van der Waals surface area contributed by atoms with E-state index < -0.39 is 15.9 Å². The van der Waals surface area contributed by atoms with Gasteiger partial charge in [-0.15, -0.1) is 0 Å². The molecular weight excluding hydrogens is 837 g/mol. The summed E-state index contributed by atoms with van der Waals surface area (Å²) < 4.78 is 78.3. The van der Waals surface area contributed by atoms with Crippen LogP contribution in [0.15, 0.2) is 83.8 Å². The molecule has 4 rings (SSSR count). The van der Waals surface area contributed by atoms with Crippen LogP contribution in [0.1, 0.15) is 67.3 Å². The lowest BCUT2D eigenvalue weighted by Gasteiger charge is -2.30. The van der Waals surface area contributed by atoms with E-state index in [2.05, 4.69) is 15.3 Å². The Morgan fingerprint density at radius 2 is 1.05 bits per heavy atom. The smallest absolute Gasteiger partial charge is 0.339 e. The highest BCUT2D eigenvalue weighted by Crippen LogP contribution is 2.37. The van der Waals surface area contributed by atoms with Crippen molar-refractivity contribution in [1.82, 2.24) is 14.3 Å². The first-order chi connectivity index (χ1) is 30.9. The molecule has 1 amide bonds. The lowest BCUT2D eigenvalue weighted by Crippen LogP contribution is -2.37. The SMILES string of the molecule is CN1C(C(=O)Nc2ccccn2)=C(OCCCOCCCOCCCOCCCOCCCOCCCOCCCOCCCOC(=O)c2cccnc2)c2ccccc2S1(=O)=O. The standard InChI is InChI=1S/C45H64N4O13S/c1-49-42(44(50)48-41-18-4-5-20-47-41)43(39-16-2-3-17-40(39)63(49,52)53)61-35-13-33-59-31-11-29-57-27-9-25-55-23-7-21-54-22-8-24-56-26-10-28-58-30-12-32-60-34-14-36-62-45(51)38-15-6-19-46-37-38/h2-6,15-20,37H,7-14,21-36H2,1H3,(H,47,48,50). The third-order valence-corrected chi connectivity index (χ3v) is 10.9. The highest BCUT2D eigenvalue weighted by atomic mass is 32.2. The molecule has 0 aliphatic carbocycles. The molecule has 1 N–H and O–H groups in total. The second-order valence-electron chi connectivity index (χ2n) is 14.2. The topological polar surface area (TPSA) is 192 Å². The van der Waals surface area contributed by atoms with Crippen LogP contribution in [0.5, 0.6) is 0 Å². The first kappa shape index (κ1) is 51.1. The van der Waals surface area contributed by atoms with Gasteiger partial charge in [-0.1, -0.05) is 18.2 Å². The van der Waals surface area contributed by atoms with Crippen LogP contribution < -0.4 is 5.32 Å². The fraction of sp³-hybridized carbons (Fsp3) is 0.556. The third-order valence-electron chi connectivity index (χ3n) is 9.13. The summed E-state index contributed by atoms with van der Waals surface area (Å²) in [4.78, 5) is 33.2. The van der Waals surface area contributed by atoms with E-state index in [1.54, 1.807) is 54.7 Å². The van der Waals surface area contributed by atoms with Crippen LogP contribution in [0.25, 0.3) is 5.76 Å². The molecule has 1 aliphatic rings. The summed E-state index contributed by atoms with van der Waals surface area (Å²) in [5.74, 6) is -0.549. The largest absolute Gasteiger partial charge is 0.490 e. The summed E-state index contributed by atoms with van der Waals surface area (Å²) in [5.41, 5.74) is 0.652. The number of aromatic nitrogens is 2. The normalized spacial score (nSPS) is 13.2. The van der Waals surface area contributed by atoms with E-state index in [-0.39, 0.29) is 34.7 Å². The zero-order valence-corrected chi connectivity index (χ0v) is 37.3. The van der Waals surface area contributed by atoms with Gasteiger partial charge in [-0.3, -0.25) is 14.1 Å². The monoisotopic (exact) mass is 900 g/mol. The summed E-state index contributed by atoms with van der Waals surface area (Å²) in [6.07, 6.45) is 10.7. The van der Waals surface area contributed by atoms with Gasteiger partial charge in [0.1, 0.15) is 5.82 Å². The Kier molecular flexibility index (Phi) is 25.4. The van der Waals surface area contributed by atoms with Crippen LogP contribution in [-0.4, -0.2) is 147 Å². The number of carbonyl (C=O) groups is 2. The van der Waals surface area contributed by atoms with E-state index in [1.165, 1.54) is 25.5 Å². The van der Waals surface area contributed by atoms with Gasteiger partial charge in [0.15, 0.2) is 11.5 Å². The van der Waals surface area contributed by atoms with Gasteiger partial charge in [0, 0.05) is 137 Å². The average molecular weight is 901 g/mol. The predicted molar refractivity (Wildman–Crippen MR) is 234 cm³/mol. The molecule has 0 saturated carbocycles. The van der Waals surface area contributed by atoms with E-state index in [0.717, 1.165) is 42.8 Å². The number of benzene rings is 1. The minimum Gasteiger partial charge on any atom is -0.490 e. The van der Waals surface area contributed by atoms with Crippen molar-refractivity contribution < 1.29 is 60.6 Å². The molecule has 0 fully saturated rings. The number of anilines is 1. The molecule has 0 spiro atoms. The highest BCUT2D eigenvalue weighted by Gasteiger charge is 2.38. The number of nitrogens with one attached hydrogen (secondary N) is 1. The number of carbonyl (C=O) groups excluding carboxylic acids is 2. The summed E-state index contributed by atoms with van der Waals surface area (Å²) >= 11 is 0. The van der Waals surface area contributed by atoms with Crippen molar-refractivity contribution in [2.24, 2.45) is 0 Å². The van der Waals surface area contributed by atoms with Gasteiger partial charge in [-0.2, -0.15) is 0 Å². The van der Waals surface area contributed by atoms with Crippen LogP contribution in [0.4, 0.5) is 5.82 Å². The van der Waals surface area contributed by atoms with Gasteiger partial charge in [0.05, 0.1) is 23.7 Å². The molecule has 3 heterocycles. The van der Waals surface area contributed by atoms with Gasteiger partial charge in [0.2, 0.25) is 0 Å². The number of hydrogen-bond donors (Lipinski definition) is 1. The first-order valence-corrected chi connectivity index (χ1v) is 23.1. The molecule has 18 heteroatoms. The Morgan fingerprint density at radius 1 is 0.571 bits per heavy atom. The van der Waals surface area contributed by atoms with E-state index in [0.29, 0.717) is 123 Å². The Balaban J connectivity index is 0.868. The fourth-order valence-electron chi connectivity index (χ4n) is 5.94. The molecule has 0 bridgehead atoms. The van der Waals surface area contributed by atoms with Crippen LogP contribution >= 0.6 is 0 Å². The molecule has 0 unspecified atom stereocenters. The highest BCUT2D eigenvalue weighted by molar-refractivity contribution is 7.89. The number of hydrogen-bond acceptors (Lipinski definition) is 15. The molecule has 348 valence electrons. The molecular formula is C45H64N4O13S.